The molecule has 17 heavy (non-hydrogen) atoms. The molecular weight excluding hydrogens is 223 g/mol. The minimum absolute atomic E-state index is 0.0542. The second-order valence-corrected chi connectivity index (χ2v) is 3.39. The van der Waals surface area contributed by atoms with Crippen LogP contribution in [0.15, 0.2) is 24.4 Å². The lowest BCUT2D eigenvalue weighted by molar-refractivity contribution is 0.112. The van der Waals surface area contributed by atoms with E-state index in [1.165, 1.54) is 24.4 Å². The van der Waals surface area contributed by atoms with Crippen LogP contribution in [0.2, 0.25) is 0 Å². The summed E-state index contributed by atoms with van der Waals surface area (Å²) < 4.78 is 13.1. The van der Waals surface area contributed by atoms with Gasteiger partial charge in [0.2, 0.25) is 0 Å². The molecule has 2 rings (SSSR count). The van der Waals surface area contributed by atoms with Gasteiger partial charge in [0.1, 0.15) is 5.82 Å². The Morgan fingerprint density at radius 1 is 1.29 bits per heavy atom. The van der Waals surface area contributed by atoms with Gasteiger partial charge in [-0.2, -0.15) is 0 Å². The number of hydrogen-bond acceptors (Lipinski definition) is 5. The average Bonchev–Trinajstić information content (AvgIpc) is 2.33. The van der Waals surface area contributed by atoms with Crippen molar-refractivity contribution in [1.82, 2.24) is 9.97 Å². The van der Waals surface area contributed by atoms with E-state index in [2.05, 4.69) is 9.97 Å². The number of nitrogens with two attached hydrogens (primary N) is 2. The van der Waals surface area contributed by atoms with Crippen LogP contribution in [0.1, 0.15) is 10.4 Å². The standard InChI is InChI=1S/C11H9FN4O/c12-8-2-1-6(3-7(8)5-17)11-15-4-9(13)10(14)16-11/h1-5H,13H2,(H2,14,15,16). The fourth-order valence-electron chi connectivity index (χ4n) is 1.32. The largest absolute Gasteiger partial charge is 0.394 e. The first-order chi connectivity index (χ1) is 8.11. The maximum atomic E-state index is 13.1. The second-order valence-electron chi connectivity index (χ2n) is 3.39. The molecular formula is C11H9FN4O. The Bertz CT molecular complexity index is 586. The van der Waals surface area contributed by atoms with E-state index in [4.69, 9.17) is 11.5 Å². The summed E-state index contributed by atoms with van der Waals surface area (Å²) in [6.45, 7) is 0. The zero-order valence-corrected chi connectivity index (χ0v) is 8.72. The molecule has 0 saturated carbocycles. The van der Waals surface area contributed by atoms with Crippen LogP contribution in [0.3, 0.4) is 0 Å². The van der Waals surface area contributed by atoms with Gasteiger partial charge in [-0.05, 0) is 18.2 Å². The third kappa shape index (κ3) is 2.05. The van der Waals surface area contributed by atoms with E-state index < -0.39 is 5.82 Å². The summed E-state index contributed by atoms with van der Waals surface area (Å²) in [5.74, 6) is -0.154. The Morgan fingerprint density at radius 3 is 2.71 bits per heavy atom. The number of aldehydes is 1. The zero-order chi connectivity index (χ0) is 12.4. The van der Waals surface area contributed by atoms with Crippen molar-refractivity contribution in [1.29, 1.82) is 0 Å². The normalized spacial score (nSPS) is 10.2. The third-order valence-electron chi connectivity index (χ3n) is 2.23. The fourth-order valence-corrected chi connectivity index (χ4v) is 1.32. The highest BCUT2D eigenvalue weighted by Gasteiger charge is 2.07. The van der Waals surface area contributed by atoms with Gasteiger partial charge in [-0.25, -0.2) is 14.4 Å². The molecule has 0 aliphatic heterocycles. The molecule has 2 aromatic rings. The quantitative estimate of drug-likeness (QED) is 0.760. The number of aromatic nitrogens is 2. The molecule has 0 atom stereocenters. The molecule has 0 amide bonds. The van der Waals surface area contributed by atoms with E-state index in [-0.39, 0.29) is 17.1 Å². The number of hydrogen-bond donors (Lipinski definition) is 2. The number of carbonyl (C=O) groups is 1. The number of nitrogens with zero attached hydrogens (tertiary/aromatic N) is 2. The van der Waals surface area contributed by atoms with E-state index in [0.29, 0.717) is 17.7 Å². The SMILES string of the molecule is Nc1cnc(-c2ccc(F)c(C=O)c2)nc1N. The van der Waals surface area contributed by atoms with Crippen molar-refractivity contribution in [2.24, 2.45) is 0 Å². The molecule has 0 spiro atoms. The highest BCUT2D eigenvalue weighted by molar-refractivity contribution is 5.78. The van der Waals surface area contributed by atoms with Crippen LogP contribution in [-0.4, -0.2) is 16.3 Å². The van der Waals surface area contributed by atoms with Gasteiger partial charge < -0.3 is 11.5 Å². The van der Waals surface area contributed by atoms with Crippen LogP contribution < -0.4 is 11.5 Å². The van der Waals surface area contributed by atoms with Crippen molar-refractivity contribution in [3.63, 3.8) is 0 Å². The van der Waals surface area contributed by atoms with Gasteiger partial charge in [0.15, 0.2) is 17.9 Å². The number of benzene rings is 1. The lowest BCUT2D eigenvalue weighted by atomic mass is 10.1. The molecule has 0 fully saturated rings. The minimum atomic E-state index is -0.591. The number of anilines is 2. The zero-order valence-electron chi connectivity index (χ0n) is 8.72. The first-order valence-electron chi connectivity index (χ1n) is 4.75. The van der Waals surface area contributed by atoms with Crippen molar-refractivity contribution in [3.05, 3.63) is 35.8 Å². The number of carbonyl (C=O) groups excluding carboxylic acids is 1. The first kappa shape index (κ1) is 11.0. The van der Waals surface area contributed by atoms with E-state index >= 15 is 0 Å². The minimum Gasteiger partial charge on any atom is -0.394 e. The second kappa shape index (κ2) is 4.17. The monoisotopic (exact) mass is 232 g/mol. The number of rotatable bonds is 2. The molecule has 0 saturated heterocycles. The molecule has 6 heteroatoms. The van der Waals surface area contributed by atoms with E-state index in [9.17, 15) is 9.18 Å². The van der Waals surface area contributed by atoms with Gasteiger partial charge in [0.25, 0.3) is 0 Å². The molecule has 0 aliphatic carbocycles. The summed E-state index contributed by atoms with van der Waals surface area (Å²) in [5, 5.41) is 0. The van der Waals surface area contributed by atoms with Crippen molar-refractivity contribution in [3.8, 4) is 11.4 Å². The van der Waals surface area contributed by atoms with Crippen LogP contribution >= 0.6 is 0 Å². The molecule has 4 N–H and O–H groups in total. The van der Waals surface area contributed by atoms with E-state index in [0.717, 1.165) is 0 Å². The third-order valence-corrected chi connectivity index (χ3v) is 2.23. The molecule has 0 bridgehead atoms. The number of halogens is 1. The Balaban J connectivity index is 2.52. The summed E-state index contributed by atoms with van der Waals surface area (Å²) in [7, 11) is 0. The van der Waals surface area contributed by atoms with Crippen LogP contribution in [0.4, 0.5) is 15.9 Å². The Kier molecular flexibility index (Phi) is 2.70. The van der Waals surface area contributed by atoms with Crippen LogP contribution in [0.5, 0.6) is 0 Å². The van der Waals surface area contributed by atoms with Crippen LogP contribution in [0, 0.1) is 5.82 Å². The molecule has 0 aliphatic rings. The molecule has 5 nitrogen and oxygen atoms in total. The smallest absolute Gasteiger partial charge is 0.161 e. The Morgan fingerprint density at radius 2 is 2.06 bits per heavy atom. The van der Waals surface area contributed by atoms with Crippen molar-refractivity contribution in [2.45, 2.75) is 0 Å². The van der Waals surface area contributed by atoms with Gasteiger partial charge >= 0.3 is 0 Å². The fraction of sp³-hybridized carbons (Fsp3) is 0. The van der Waals surface area contributed by atoms with Crippen molar-refractivity contribution in [2.75, 3.05) is 11.5 Å². The molecule has 1 heterocycles. The highest BCUT2D eigenvalue weighted by atomic mass is 19.1. The van der Waals surface area contributed by atoms with Gasteiger partial charge in [-0.3, -0.25) is 4.79 Å². The first-order valence-corrected chi connectivity index (χ1v) is 4.75. The lowest BCUT2D eigenvalue weighted by Gasteiger charge is -2.04. The maximum Gasteiger partial charge on any atom is 0.161 e. The van der Waals surface area contributed by atoms with Crippen molar-refractivity contribution >= 4 is 17.8 Å². The maximum absolute atomic E-state index is 13.1. The number of nitrogen functional groups attached to an aromatic ring is 2. The predicted octanol–water partition coefficient (Wildman–Crippen LogP) is 1.26. The Labute approximate surface area is 96.3 Å². The molecule has 1 aromatic heterocycles. The Hall–Kier alpha value is -2.50. The van der Waals surface area contributed by atoms with Crippen LogP contribution in [0.25, 0.3) is 11.4 Å². The summed E-state index contributed by atoms with van der Waals surface area (Å²) in [4.78, 5) is 18.5. The summed E-state index contributed by atoms with van der Waals surface area (Å²) in [6, 6.07) is 4.00. The molecule has 0 radical (unpaired) electrons. The van der Waals surface area contributed by atoms with Crippen molar-refractivity contribution < 1.29 is 9.18 Å². The van der Waals surface area contributed by atoms with E-state index in [1.54, 1.807) is 0 Å². The van der Waals surface area contributed by atoms with Gasteiger partial charge in [-0.1, -0.05) is 0 Å². The molecule has 86 valence electrons. The highest BCUT2D eigenvalue weighted by Crippen LogP contribution is 2.20. The van der Waals surface area contributed by atoms with Gasteiger partial charge in [0, 0.05) is 5.56 Å². The van der Waals surface area contributed by atoms with Crippen LogP contribution in [-0.2, 0) is 0 Å². The molecule has 0 unspecified atom stereocenters. The lowest BCUT2D eigenvalue weighted by Crippen LogP contribution is -2.01. The topological polar surface area (TPSA) is 94.9 Å². The summed E-state index contributed by atoms with van der Waals surface area (Å²) in [6.07, 6.45) is 1.79. The summed E-state index contributed by atoms with van der Waals surface area (Å²) >= 11 is 0. The van der Waals surface area contributed by atoms with Gasteiger partial charge in [0.05, 0.1) is 17.4 Å². The summed E-state index contributed by atoms with van der Waals surface area (Å²) in [5.41, 5.74) is 11.7. The predicted molar refractivity (Wildman–Crippen MR) is 61.6 cm³/mol. The van der Waals surface area contributed by atoms with Gasteiger partial charge in [-0.15, -0.1) is 0 Å². The van der Waals surface area contributed by atoms with E-state index in [1.807, 2.05) is 0 Å². The average molecular weight is 232 g/mol. The molecule has 1 aromatic carbocycles.